The number of aromatic nitrogens is 3. The number of hydrogen-bond acceptors (Lipinski definition) is 4. The first kappa shape index (κ1) is 18.2. The normalized spacial score (nSPS) is 16.7. The lowest BCUT2D eigenvalue weighted by Crippen LogP contribution is -2.43. The molecule has 2 aromatic rings. The van der Waals surface area contributed by atoms with Crippen LogP contribution in [-0.2, 0) is 19.4 Å². The number of para-hydroxylation sites is 1. The molecule has 26 heavy (non-hydrogen) atoms. The molecule has 2 heterocycles. The first-order valence-electron chi connectivity index (χ1n) is 9.38. The third kappa shape index (κ3) is 4.15. The number of guanidine groups is 1. The maximum absolute atomic E-state index is 4.31. The quantitative estimate of drug-likeness (QED) is 0.581. The summed E-state index contributed by atoms with van der Waals surface area (Å²) in [7, 11) is 1.80. The Morgan fingerprint density at radius 1 is 1.23 bits per heavy atom. The van der Waals surface area contributed by atoms with Crippen molar-refractivity contribution in [3.05, 3.63) is 42.0 Å². The van der Waals surface area contributed by atoms with Gasteiger partial charge < -0.3 is 20.1 Å². The van der Waals surface area contributed by atoms with Crippen LogP contribution in [0.15, 0.2) is 35.6 Å². The van der Waals surface area contributed by atoms with Gasteiger partial charge in [0.1, 0.15) is 12.2 Å². The molecule has 1 atom stereocenters. The zero-order chi connectivity index (χ0) is 18.4. The second-order valence-electron chi connectivity index (χ2n) is 6.60. The number of nitrogens with one attached hydrogen (secondary N) is 2. The molecule has 2 N–H and O–H groups in total. The molecule has 0 saturated carbocycles. The van der Waals surface area contributed by atoms with Gasteiger partial charge in [-0.15, -0.1) is 10.2 Å². The smallest absolute Gasteiger partial charge is 0.191 e. The van der Waals surface area contributed by atoms with Crippen molar-refractivity contribution in [3.63, 3.8) is 0 Å². The van der Waals surface area contributed by atoms with Crippen LogP contribution in [0, 0.1) is 0 Å². The van der Waals surface area contributed by atoms with E-state index in [0.29, 0.717) is 6.04 Å². The number of aliphatic imine (C=N–C) groups is 1. The van der Waals surface area contributed by atoms with Crippen LogP contribution in [0.4, 0.5) is 5.69 Å². The highest BCUT2D eigenvalue weighted by Gasteiger charge is 2.24. The number of nitrogens with zero attached hydrogens (tertiary/aromatic N) is 5. The van der Waals surface area contributed by atoms with Crippen molar-refractivity contribution < 1.29 is 0 Å². The summed E-state index contributed by atoms with van der Waals surface area (Å²) in [6.45, 7) is 7.81. The summed E-state index contributed by atoms with van der Waals surface area (Å²) in [5, 5.41) is 14.8. The fourth-order valence-corrected chi connectivity index (χ4v) is 3.52. The zero-order valence-corrected chi connectivity index (χ0v) is 15.9. The molecule has 0 aliphatic carbocycles. The van der Waals surface area contributed by atoms with E-state index >= 15 is 0 Å². The van der Waals surface area contributed by atoms with Gasteiger partial charge in [-0.25, -0.2) is 0 Å². The van der Waals surface area contributed by atoms with Crippen LogP contribution in [0.2, 0.25) is 0 Å². The predicted molar refractivity (Wildman–Crippen MR) is 106 cm³/mol. The van der Waals surface area contributed by atoms with Gasteiger partial charge in [-0.1, -0.05) is 25.1 Å². The average molecular weight is 355 g/mol. The summed E-state index contributed by atoms with van der Waals surface area (Å²) >= 11 is 0. The van der Waals surface area contributed by atoms with Crippen molar-refractivity contribution in [1.29, 1.82) is 0 Å². The Morgan fingerprint density at radius 2 is 2.00 bits per heavy atom. The molecule has 0 bridgehead atoms. The fourth-order valence-electron chi connectivity index (χ4n) is 3.52. The number of benzene rings is 1. The van der Waals surface area contributed by atoms with E-state index in [1.165, 1.54) is 11.3 Å². The third-order valence-corrected chi connectivity index (χ3v) is 4.87. The zero-order valence-electron chi connectivity index (χ0n) is 15.9. The van der Waals surface area contributed by atoms with E-state index in [9.17, 15) is 0 Å². The van der Waals surface area contributed by atoms with Crippen molar-refractivity contribution in [2.75, 3.05) is 31.6 Å². The van der Waals surface area contributed by atoms with E-state index in [0.717, 1.165) is 50.8 Å². The van der Waals surface area contributed by atoms with Crippen LogP contribution in [0.3, 0.4) is 0 Å². The lowest BCUT2D eigenvalue weighted by molar-refractivity contribution is 0.626. The van der Waals surface area contributed by atoms with Crippen LogP contribution in [0.5, 0.6) is 0 Å². The van der Waals surface area contributed by atoms with Crippen LogP contribution in [0.1, 0.15) is 25.2 Å². The SMILES string of the molecule is CCc1nncn1CCNC(=NC)NCCN1c2ccccc2CC1C. The molecular weight excluding hydrogens is 326 g/mol. The number of aryl methyl sites for hydroxylation is 1. The van der Waals surface area contributed by atoms with Gasteiger partial charge in [0.15, 0.2) is 5.96 Å². The molecule has 0 radical (unpaired) electrons. The molecule has 0 saturated heterocycles. The maximum Gasteiger partial charge on any atom is 0.191 e. The Morgan fingerprint density at radius 3 is 2.77 bits per heavy atom. The Labute approximate surface area is 155 Å². The number of fused-ring (bicyclic) bond motifs is 1. The summed E-state index contributed by atoms with van der Waals surface area (Å²) in [6, 6.07) is 9.24. The Hall–Kier alpha value is -2.57. The van der Waals surface area contributed by atoms with Gasteiger partial charge in [-0.3, -0.25) is 4.99 Å². The van der Waals surface area contributed by atoms with Gasteiger partial charge >= 0.3 is 0 Å². The lowest BCUT2D eigenvalue weighted by Gasteiger charge is -2.25. The van der Waals surface area contributed by atoms with Crippen molar-refractivity contribution in [1.82, 2.24) is 25.4 Å². The van der Waals surface area contributed by atoms with Crippen LogP contribution in [-0.4, -0.2) is 53.4 Å². The molecule has 3 rings (SSSR count). The second kappa shape index (κ2) is 8.69. The molecule has 0 spiro atoms. The molecule has 7 heteroatoms. The van der Waals surface area contributed by atoms with Gasteiger partial charge in [0.25, 0.3) is 0 Å². The van der Waals surface area contributed by atoms with Crippen molar-refractivity contribution in [2.45, 2.75) is 39.3 Å². The first-order valence-corrected chi connectivity index (χ1v) is 9.38. The lowest BCUT2D eigenvalue weighted by atomic mass is 10.1. The minimum absolute atomic E-state index is 0.547. The molecule has 1 unspecified atom stereocenters. The topological polar surface area (TPSA) is 70.4 Å². The Bertz CT molecular complexity index is 737. The minimum atomic E-state index is 0.547. The molecule has 1 aliphatic heterocycles. The minimum Gasteiger partial charge on any atom is -0.367 e. The largest absolute Gasteiger partial charge is 0.367 e. The molecule has 7 nitrogen and oxygen atoms in total. The molecule has 1 aromatic heterocycles. The first-order chi connectivity index (χ1) is 12.7. The average Bonchev–Trinajstić information content (AvgIpc) is 3.24. The highest BCUT2D eigenvalue weighted by Crippen LogP contribution is 2.31. The van der Waals surface area contributed by atoms with Crippen molar-refractivity contribution in [2.24, 2.45) is 4.99 Å². The van der Waals surface area contributed by atoms with E-state index in [1.54, 1.807) is 13.4 Å². The maximum atomic E-state index is 4.31. The summed E-state index contributed by atoms with van der Waals surface area (Å²) in [5.74, 6) is 1.84. The van der Waals surface area contributed by atoms with E-state index in [4.69, 9.17) is 0 Å². The number of hydrogen-bond donors (Lipinski definition) is 2. The molecule has 1 aliphatic rings. The molecular formula is C19H29N7. The summed E-state index contributed by atoms with van der Waals surface area (Å²) in [4.78, 5) is 6.78. The van der Waals surface area contributed by atoms with Crippen molar-refractivity contribution >= 4 is 11.6 Å². The van der Waals surface area contributed by atoms with Crippen LogP contribution < -0.4 is 15.5 Å². The monoisotopic (exact) mass is 355 g/mol. The van der Waals surface area contributed by atoms with E-state index < -0.39 is 0 Å². The summed E-state index contributed by atoms with van der Waals surface area (Å²) in [6.07, 6.45) is 3.80. The second-order valence-corrected chi connectivity index (χ2v) is 6.60. The van der Waals surface area contributed by atoms with E-state index in [1.807, 2.05) is 0 Å². The van der Waals surface area contributed by atoms with E-state index in [-0.39, 0.29) is 0 Å². The van der Waals surface area contributed by atoms with Gasteiger partial charge in [0.05, 0.1) is 0 Å². The standard InChI is InChI=1S/C19H29N7/c1-4-18-24-23-14-25(18)11-9-21-19(20-3)22-10-12-26-15(2)13-16-7-5-6-8-17(16)26/h5-8,14-15H,4,9-13H2,1-3H3,(H2,20,21,22). The number of anilines is 1. The van der Waals surface area contributed by atoms with Crippen molar-refractivity contribution in [3.8, 4) is 0 Å². The number of rotatable bonds is 7. The molecule has 140 valence electrons. The third-order valence-electron chi connectivity index (χ3n) is 4.87. The van der Waals surface area contributed by atoms with Gasteiger partial charge in [0, 0.05) is 51.4 Å². The molecule has 1 aromatic carbocycles. The molecule has 0 fully saturated rings. The van der Waals surface area contributed by atoms with Gasteiger partial charge in [0.2, 0.25) is 0 Å². The predicted octanol–water partition coefficient (Wildman–Crippen LogP) is 1.46. The fraction of sp³-hybridized carbons (Fsp3) is 0.526. The van der Waals surface area contributed by atoms with Gasteiger partial charge in [-0.05, 0) is 25.0 Å². The van der Waals surface area contributed by atoms with Crippen LogP contribution in [0.25, 0.3) is 0 Å². The van der Waals surface area contributed by atoms with Crippen LogP contribution >= 0.6 is 0 Å². The highest BCUT2D eigenvalue weighted by atomic mass is 15.3. The Kier molecular flexibility index (Phi) is 6.09. The summed E-state index contributed by atoms with van der Waals surface area (Å²) < 4.78 is 2.07. The highest BCUT2D eigenvalue weighted by molar-refractivity contribution is 5.79. The Balaban J connectivity index is 1.43. The molecule has 0 amide bonds. The van der Waals surface area contributed by atoms with E-state index in [2.05, 4.69) is 73.4 Å². The summed E-state index contributed by atoms with van der Waals surface area (Å²) in [5.41, 5.74) is 2.81. The van der Waals surface area contributed by atoms with Gasteiger partial charge in [-0.2, -0.15) is 0 Å².